The van der Waals surface area contributed by atoms with E-state index in [4.69, 9.17) is 0 Å². The highest BCUT2D eigenvalue weighted by atomic mass is 16.4. The third-order valence-corrected chi connectivity index (χ3v) is 3.62. The van der Waals surface area contributed by atoms with E-state index in [9.17, 15) is 19.8 Å². The van der Waals surface area contributed by atoms with Crippen molar-refractivity contribution in [2.45, 2.75) is 33.1 Å². The molecule has 0 saturated heterocycles. The van der Waals surface area contributed by atoms with Crippen molar-refractivity contribution in [3.63, 3.8) is 0 Å². The predicted octanol–water partition coefficient (Wildman–Crippen LogP) is 4.09. The lowest BCUT2D eigenvalue weighted by Crippen LogP contribution is -2.14. The van der Waals surface area contributed by atoms with E-state index < -0.39 is 11.9 Å². The third-order valence-electron chi connectivity index (χ3n) is 3.62. The Kier molecular flexibility index (Phi) is 6.57. The Hall–Kier alpha value is -2.36. The summed E-state index contributed by atoms with van der Waals surface area (Å²) in [4.78, 5) is 22.9. The van der Waals surface area contributed by atoms with Gasteiger partial charge in [0.05, 0.1) is 11.1 Å². The van der Waals surface area contributed by atoms with E-state index in [0.717, 1.165) is 12.8 Å². The van der Waals surface area contributed by atoms with Crippen LogP contribution < -0.4 is 0 Å². The Bertz CT molecular complexity index is 599. The van der Waals surface area contributed by atoms with Crippen LogP contribution in [0.4, 0.5) is 0 Å². The highest BCUT2D eigenvalue weighted by molar-refractivity contribution is 5.97. The van der Waals surface area contributed by atoms with Crippen LogP contribution in [0.2, 0.25) is 0 Å². The molecule has 4 nitrogen and oxygen atoms in total. The lowest BCUT2D eigenvalue weighted by Gasteiger charge is -2.16. The molecule has 0 spiro atoms. The van der Waals surface area contributed by atoms with Crippen molar-refractivity contribution in [1.29, 1.82) is 0 Å². The molecule has 0 amide bonds. The molecule has 1 unspecified atom stereocenters. The SMILES string of the molecule is C=CC=CCCC(C)Cc1c(C(=O)O)ccc(C)c1C(=O)O. The van der Waals surface area contributed by atoms with Crippen molar-refractivity contribution in [3.8, 4) is 0 Å². The second-order valence-corrected chi connectivity index (χ2v) is 5.44. The van der Waals surface area contributed by atoms with Gasteiger partial charge in [0.25, 0.3) is 0 Å². The van der Waals surface area contributed by atoms with Crippen molar-refractivity contribution in [1.82, 2.24) is 0 Å². The van der Waals surface area contributed by atoms with Crippen LogP contribution in [0, 0.1) is 12.8 Å². The van der Waals surface area contributed by atoms with Gasteiger partial charge in [-0.15, -0.1) is 0 Å². The van der Waals surface area contributed by atoms with Crippen molar-refractivity contribution < 1.29 is 19.8 Å². The summed E-state index contributed by atoms with van der Waals surface area (Å²) < 4.78 is 0. The fourth-order valence-corrected chi connectivity index (χ4v) is 2.50. The largest absolute Gasteiger partial charge is 0.478 e. The molecule has 0 aliphatic heterocycles. The molecule has 0 heterocycles. The minimum absolute atomic E-state index is 0.0801. The van der Waals surface area contributed by atoms with Gasteiger partial charge in [-0.05, 0) is 49.3 Å². The number of carboxylic acids is 2. The molecule has 1 rings (SSSR count). The van der Waals surface area contributed by atoms with Gasteiger partial charge in [0.1, 0.15) is 0 Å². The van der Waals surface area contributed by atoms with E-state index in [0.29, 0.717) is 17.5 Å². The average molecular weight is 302 g/mol. The lowest BCUT2D eigenvalue weighted by molar-refractivity contribution is 0.0694. The quantitative estimate of drug-likeness (QED) is 0.709. The summed E-state index contributed by atoms with van der Waals surface area (Å²) in [7, 11) is 0. The predicted molar refractivity (Wildman–Crippen MR) is 86.5 cm³/mol. The minimum atomic E-state index is -1.09. The fourth-order valence-electron chi connectivity index (χ4n) is 2.50. The summed E-state index contributed by atoms with van der Waals surface area (Å²) in [5.41, 5.74) is 1.20. The molecular weight excluding hydrogens is 280 g/mol. The Labute approximate surface area is 130 Å². The van der Waals surface area contributed by atoms with Crippen LogP contribution in [0.5, 0.6) is 0 Å². The molecule has 2 N–H and O–H groups in total. The monoisotopic (exact) mass is 302 g/mol. The summed E-state index contributed by atoms with van der Waals surface area (Å²) in [5, 5.41) is 18.7. The Morgan fingerprint density at radius 3 is 2.50 bits per heavy atom. The molecule has 1 aromatic rings. The molecule has 118 valence electrons. The van der Waals surface area contributed by atoms with E-state index in [1.165, 1.54) is 6.07 Å². The van der Waals surface area contributed by atoms with Gasteiger partial charge in [-0.3, -0.25) is 0 Å². The Balaban J connectivity index is 3.07. The zero-order valence-electron chi connectivity index (χ0n) is 13.0. The zero-order chi connectivity index (χ0) is 16.7. The molecule has 22 heavy (non-hydrogen) atoms. The van der Waals surface area contributed by atoms with Crippen molar-refractivity contribution in [2.24, 2.45) is 5.92 Å². The van der Waals surface area contributed by atoms with Gasteiger partial charge in [0.15, 0.2) is 0 Å². The number of aryl methyl sites for hydroxylation is 1. The second-order valence-electron chi connectivity index (χ2n) is 5.44. The first kappa shape index (κ1) is 17.7. The van der Waals surface area contributed by atoms with Crippen molar-refractivity contribution in [3.05, 3.63) is 59.2 Å². The molecule has 0 saturated carbocycles. The third kappa shape index (κ3) is 4.58. The van der Waals surface area contributed by atoms with Gasteiger partial charge in [-0.25, -0.2) is 9.59 Å². The van der Waals surface area contributed by atoms with Crippen molar-refractivity contribution >= 4 is 11.9 Å². The normalized spacial score (nSPS) is 12.3. The fraction of sp³-hybridized carbons (Fsp3) is 0.333. The molecule has 1 aromatic carbocycles. The van der Waals surface area contributed by atoms with Crippen LogP contribution in [0.15, 0.2) is 36.9 Å². The average Bonchev–Trinajstić information content (AvgIpc) is 2.43. The van der Waals surface area contributed by atoms with Crippen molar-refractivity contribution in [2.75, 3.05) is 0 Å². The minimum Gasteiger partial charge on any atom is -0.478 e. The molecule has 0 aliphatic rings. The summed E-state index contributed by atoms with van der Waals surface area (Å²) in [6, 6.07) is 3.04. The molecule has 0 radical (unpaired) electrons. The van der Waals surface area contributed by atoms with Gasteiger partial charge in [-0.2, -0.15) is 0 Å². The van der Waals surface area contributed by atoms with Gasteiger partial charge in [-0.1, -0.05) is 37.8 Å². The number of carbonyl (C=O) groups is 2. The van der Waals surface area contributed by atoms with Crippen LogP contribution >= 0.6 is 0 Å². The number of carboxylic acid groups (broad SMARTS) is 2. The number of hydrogen-bond acceptors (Lipinski definition) is 2. The number of rotatable bonds is 8. The molecule has 0 aromatic heterocycles. The topological polar surface area (TPSA) is 74.6 Å². The smallest absolute Gasteiger partial charge is 0.336 e. The number of hydrogen-bond donors (Lipinski definition) is 2. The molecular formula is C18H22O4. The molecule has 0 bridgehead atoms. The van der Waals surface area contributed by atoms with Gasteiger partial charge in [0, 0.05) is 0 Å². The lowest BCUT2D eigenvalue weighted by atomic mass is 9.88. The van der Waals surface area contributed by atoms with Gasteiger partial charge >= 0.3 is 11.9 Å². The van der Waals surface area contributed by atoms with Crippen LogP contribution in [0.25, 0.3) is 0 Å². The van der Waals surface area contributed by atoms with Gasteiger partial charge < -0.3 is 10.2 Å². The molecule has 0 fully saturated rings. The standard InChI is InChI=1S/C18H22O4/c1-4-5-6-7-8-12(2)11-15-14(17(19)20)10-9-13(3)16(15)18(21)22/h4-6,9-10,12H,1,7-8,11H2,2-3H3,(H,19,20)(H,21,22). The number of benzene rings is 1. The maximum atomic E-state index is 11.5. The van der Waals surface area contributed by atoms with Crippen LogP contribution in [0.1, 0.15) is 51.6 Å². The summed E-state index contributed by atoms with van der Waals surface area (Å²) >= 11 is 0. The maximum absolute atomic E-state index is 11.5. The van der Waals surface area contributed by atoms with E-state index >= 15 is 0 Å². The Morgan fingerprint density at radius 1 is 1.27 bits per heavy atom. The maximum Gasteiger partial charge on any atom is 0.336 e. The first-order chi connectivity index (χ1) is 10.4. The zero-order valence-corrected chi connectivity index (χ0v) is 13.0. The van der Waals surface area contributed by atoms with Crippen LogP contribution in [-0.2, 0) is 6.42 Å². The number of aromatic carboxylic acids is 2. The van der Waals surface area contributed by atoms with E-state index in [1.807, 2.05) is 19.1 Å². The van der Waals surface area contributed by atoms with E-state index in [-0.39, 0.29) is 17.0 Å². The highest BCUT2D eigenvalue weighted by Gasteiger charge is 2.21. The molecule has 1 atom stereocenters. The van der Waals surface area contributed by atoms with Gasteiger partial charge in [0.2, 0.25) is 0 Å². The van der Waals surface area contributed by atoms with E-state index in [1.54, 1.807) is 19.1 Å². The first-order valence-corrected chi connectivity index (χ1v) is 7.25. The summed E-state index contributed by atoms with van der Waals surface area (Å²) in [6.45, 7) is 7.29. The summed E-state index contributed by atoms with van der Waals surface area (Å²) in [6.07, 6.45) is 7.71. The molecule has 0 aliphatic carbocycles. The Morgan fingerprint density at radius 2 is 1.95 bits per heavy atom. The molecule has 4 heteroatoms. The van der Waals surface area contributed by atoms with Crippen LogP contribution in [-0.4, -0.2) is 22.2 Å². The first-order valence-electron chi connectivity index (χ1n) is 7.25. The van der Waals surface area contributed by atoms with Crippen LogP contribution in [0.3, 0.4) is 0 Å². The number of allylic oxidation sites excluding steroid dienone is 3. The van der Waals surface area contributed by atoms with E-state index in [2.05, 4.69) is 6.58 Å². The second kappa shape index (κ2) is 8.17. The highest BCUT2D eigenvalue weighted by Crippen LogP contribution is 2.24. The summed E-state index contributed by atoms with van der Waals surface area (Å²) in [5.74, 6) is -1.97.